The molecule has 3 aromatic rings. The molecule has 0 unspecified atom stereocenters. The zero-order chi connectivity index (χ0) is 18.1. The fourth-order valence-corrected chi connectivity index (χ4v) is 2.67. The second-order valence-corrected chi connectivity index (χ2v) is 5.66. The predicted molar refractivity (Wildman–Crippen MR) is 95.7 cm³/mol. The van der Waals surface area contributed by atoms with E-state index in [1.54, 1.807) is 19.3 Å². The Kier molecular flexibility index (Phi) is 4.32. The van der Waals surface area contributed by atoms with Crippen LogP contribution in [0.4, 0.5) is 17.3 Å². The standard InChI is InChI=1S/C15H16ClN7O2/c1-3-22-7-8(16)4-10(15(22)25)20-11-5-12(18-2)23-14(21-11)9(6-19-23)13(17)24/h4-7,18H,3H2,1-2H3,(H2,17,24)(H,20,21). The largest absolute Gasteiger partial charge is 0.373 e. The lowest BCUT2D eigenvalue weighted by Crippen LogP contribution is -2.21. The number of anilines is 3. The van der Waals surface area contributed by atoms with Crippen molar-refractivity contribution in [1.29, 1.82) is 0 Å². The van der Waals surface area contributed by atoms with Crippen LogP contribution in [0.2, 0.25) is 5.02 Å². The maximum absolute atomic E-state index is 12.4. The zero-order valence-corrected chi connectivity index (χ0v) is 14.3. The Labute approximate surface area is 147 Å². The Hall–Kier alpha value is -3.07. The molecule has 10 heteroatoms. The van der Waals surface area contributed by atoms with Gasteiger partial charge in [0.15, 0.2) is 5.65 Å². The number of halogens is 1. The molecule has 3 heterocycles. The van der Waals surface area contributed by atoms with Gasteiger partial charge in [-0.25, -0.2) is 4.98 Å². The van der Waals surface area contributed by atoms with E-state index in [9.17, 15) is 9.59 Å². The summed E-state index contributed by atoms with van der Waals surface area (Å²) in [6.45, 7) is 2.33. The number of carbonyl (C=O) groups is 1. The third-order valence-corrected chi connectivity index (χ3v) is 3.86. The van der Waals surface area contributed by atoms with Crippen LogP contribution in [0, 0.1) is 0 Å². The lowest BCUT2D eigenvalue weighted by Gasteiger charge is -2.11. The number of rotatable bonds is 5. The normalized spacial score (nSPS) is 10.8. The molecular weight excluding hydrogens is 346 g/mol. The average molecular weight is 362 g/mol. The van der Waals surface area contributed by atoms with Gasteiger partial charge in [-0.05, 0) is 13.0 Å². The van der Waals surface area contributed by atoms with E-state index in [-0.39, 0.29) is 22.5 Å². The van der Waals surface area contributed by atoms with E-state index in [1.807, 2.05) is 6.92 Å². The van der Waals surface area contributed by atoms with Crippen molar-refractivity contribution in [2.45, 2.75) is 13.5 Å². The first kappa shape index (κ1) is 16.8. The van der Waals surface area contributed by atoms with Crippen molar-refractivity contribution in [2.75, 3.05) is 17.7 Å². The molecule has 0 aliphatic rings. The molecule has 9 nitrogen and oxygen atoms in total. The number of carbonyl (C=O) groups excluding carboxylic acids is 1. The number of nitrogens with one attached hydrogen (secondary N) is 2. The van der Waals surface area contributed by atoms with Gasteiger partial charge in [-0.3, -0.25) is 9.59 Å². The molecule has 1 amide bonds. The Balaban J connectivity index is 2.14. The maximum Gasteiger partial charge on any atom is 0.274 e. The maximum atomic E-state index is 12.4. The lowest BCUT2D eigenvalue weighted by molar-refractivity contribution is 0.100. The SMILES string of the molecule is CCn1cc(Cl)cc(Nc2cc(NC)n3ncc(C(N)=O)c3n2)c1=O. The summed E-state index contributed by atoms with van der Waals surface area (Å²) in [5.74, 6) is 0.275. The molecule has 0 bridgehead atoms. The molecule has 0 spiro atoms. The number of pyridine rings is 1. The highest BCUT2D eigenvalue weighted by Crippen LogP contribution is 2.21. The second kappa shape index (κ2) is 6.44. The van der Waals surface area contributed by atoms with Crippen molar-refractivity contribution in [1.82, 2.24) is 19.2 Å². The minimum atomic E-state index is -0.641. The van der Waals surface area contributed by atoms with Crippen LogP contribution >= 0.6 is 11.6 Å². The summed E-state index contributed by atoms with van der Waals surface area (Å²) in [6.07, 6.45) is 2.91. The number of amides is 1. The van der Waals surface area contributed by atoms with Crippen LogP contribution in [0.5, 0.6) is 0 Å². The first-order chi connectivity index (χ1) is 11.9. The lowest BCUT2D eigenvalue weighted by atomic mass is 10.3. The van der Waals surface area contributed by atoms with Gasteiger partial charge in [0.25, 0.3) is 11.5 Å². The number of aromatic nitrogens is 4. The molecule has 0 aliphatic heterocycles. The summed E-state index contributed by atoms with van der Waals surface area (Å²) in [5, 5.41) is 10.4. The molecular formula is C15H16ClN7O2. The third-order valence-electron chi connectivity index (χ3n) is 3.65. The zero-order valence-electron chi connectivity index (χ0n) is 13.6. The molecule has 4 N–H and O–H groups in total. The van der Waals surface area contributed by atoms with Crippen molar-refractivity contribution in [3.8, 4) is 0 Å². The second-order valence-electron chi connectivity index (χ2n) is 5.22. The third kappa shape index (κ3) is 3.01. The van der Waals surface area contributed by atoms with E-state index in [0.29, 0.717) is 23.2 Å². The molecule has 0 saturated carbocycles. The molecule has 3 aromatic heterocycles. The van der Waals surface area contributed by atoms with E-state index >= 15 is 0 Å². The molecule has 3 rings (SSSR count). The van der Waals surface area contributed by atoms with E-state index in [2.05, 4.69) is 20.7 Å². The smallest absolute Gasteiger partial charge is 0.274 e. The topological polar surface area (TPSA) is 119 Å². The van der Waals surface area contributed by atoms with Gasteiger partial charge in [-0.1, -0.05) is 11.6 Å². The summed E-state index contributed by atoms with van der Waals surface area (Å²) >= 11 is 6.06. The summed E-state index contributed by atoms with van der Waals surface area (Å²) in [5.41, 5.74) is 5.85. The van der Waals surface area contributed by atoms with Gasteiger partial charge in [0, 0.05) is 25.9 Å². The summed E-state index contributed by atoms with van der Waals surface area (Å²) in [4.78, 5) is 28.3. The van der Waals surface area contributed by atoms with Crippen LogP contribution in [0.1, 0.15) is 17.3 Å². The van der Waals surface area contributed by atoms with Crippen LogP contribution in [-0.2, 0) is 6.54 Å². The van der Waals surface area contributed by atoms with Gasteiger partial charge in [0.05, 0.1) is 11.2 Å². The summed E-state index contributed by atoms with van der Waals surface area (Å²) in [7, 11) is 1.70. The number of hydrogen-bond donors (Lipinski definition) is 3. The first-order valence-electron chi connectivity index (χ1n) is 7.48. The number of hydrogen-bond acceptors (Lipinski definition) is 6. The number of fused-ring (bicyclic) bond motifs is 1. The van der Waals surface area contributed by atoms with Gasteiger partial charge < -0.3 is 20.9 Å². The quantitative estimate of drug-likeness (QED) is 0.632. The number of aryl methyl sites for hydroxylation is 1. The molecule has 0 saturated heterocycles. The molecule has 130 valence electrons. The average Bonchev–Trinajstić information content (AvgIpc) is 3.01. The van der Waals surface area contributed by atoms with Crippen molar-refractivity contribution in [3.63, 3.8) is 0 Å². The Bertz CT molecular complexity index is 1020. The molecule has 0 radical (unpaired) electrons. The van der Waals surface area contributed by atoms with Gasteiger partial charge >= 0.3 is 0 Å². The molecule has 0 fully saturated rings. The fraction of sp³-hybridized carbons (Fsp3) is 0.200. The highest BCUT2D eigenvalue weighted by atomic mass is 35.5. The highest BCUT2D eigenvalue weighted by molar-refractivity contribution is 6.30. The van der Waals surface area contributed by atoms with Crippen LogP contribution in [0.3, 0.4) is 0 Å². The van der Waals surface area contributed by atoms with Crippen LogP contribution in [0.15, 0.2) is 29.3 Å². The van der Waals surface area contributed by atoms with E-state index in [4.69, 9.17) is 17.3 Å². The molecule has 0 aliphatic carbocycles. The summed E-state index contributed by atoms with van der Waals surface area (Å²) in [6, 6.07) is 3.17. The number of primary amides is 1. The Morgan fingerprint density at radius 2 is 2.16 bits per heavy atom. The molecule has 0 aromatic carbocycles. The van der Waals surface area contributed by atoms with Crippen molar-refractivity contribution in [3.05, 3.63) is 45.5 Å². The van der Waals surface area contributed by atoms with Crippen molar-refractivity contribution < 1.29 is 4.79 Å². The Morgan fingerprint density at radius 3 is 2.80 bits per heavy atom. The Morgan fingerprint density at radius 1 is 1.40 bits per heavy atom. The van der Waals surface area contributed by atoms with E-state index < -0.39 is 5.91 Å². The molecule has 25 heavy (non-hydrogen) atoms. The summed E-state index contributed by atoms with van der Waals surface area (Å²) < 4.78 is 2.93. The van der Waals surface area contributed by atoms with E-state index in [0.717, 1.165) is 0 Å². The first-order valence-corrected chi connectivity index (χ1v) is 7.85. The van der Waals surface area contributed by atoms with Gasteiger partial charge in [0.1, 0.15) is 22.9 Å². The predicted octanol–water partition coefficient (Wildman–Crippen LogP) is 1.45. The monoisotopic (exact) mass is 361 g/mol. The number of nitrogens with two attached hydrogens (primary N) is 1. The van der Waals surface area contributed by atoms with Crippen molar-refractivity contribution >= 4 is 40.5 Å². The fourth-order valence-electron chi connectivity index (χ4n) is 2.44. The minimum Gasteiger partial charge on any atom is -0.373 e. The van der Waals surface area contributed by atoms with Gasteiger partial charge in [0.2, 0.25) is 0 Å². The van der Waals surface area contributed by atoms with Gasteiger partial charge in [-0.15, -0.1) is 0 Å². The van der Waals surface area contributed by atoms with E-state index in [1.165, 1.54) is 21.3 Å². The van der Waals surface area contributed by atoms with Crippen molar-refractivity contribution in [2.24, 2.45) is 5.73 Å². The highest BCUT2D eigenvalue weighted by Gasteiger charge is 2.15. The number of nitrogens with zero attached hydrogens (tertiary/aromatic N) is 4. The van der Waals surface area contributed by atoms with Crippen LogP contribution in [0.25, 0.3) is 5.65 Å². The van der Waals surface area contributed by atoms with Crippen LogP contribution in [-0.4, -0.2) is 32.1 Å². The molecule has 0 atom stereocenters. The van der Waals surface area contributed by atoms with Gasteiger partial charge in [-0.2, -0.15) is 9.61 Å². The van der Waals surface area contributed by atoms with Crippen LogP contribution < -0.4 is 21.9 Å². The minimum absolute atomic E-state index is 0.178.